The summed E-state index contributed by atoms with van der Waals surface area (Å²) in [6, 6.07) is 7.80. The van der Waals surface area contributed by atoms with Crippen LogP contribution in [0.2, 0.25) is 5.15 Å². The summed E-state index contributed by atoms with van der Waals surface area (Å²) in [5, 5.41) is 13.3. The number of carbonyl (C=O) groups is 1. The van der Waals surface area contributed by atoms with E-state index in [-0.39, 0.29) is 6.42 Å². The summed E-state index contributed by atoms with van der Waals surface area (Å²) in [6.07, 6.45) is 2.06. The minimum absolute atomic E-state index is 0.0548. The Morgan fingerprint density at radius 1 is 1.50 bits per heavy atom. The van der Waals surface area contributed by atoms with Crippen LogP contribution >= 0.6 is 11.6 Å². The Morgan fingerprint density at radius 3 is 2.94 bits per heavy atom. The van der Waals surface area contributed by atoms with Crippen LogP contribution in [0.3, 0.4) is 0 Å². The number of nitrogens with zero attached hydrogens (tertiary/aromatic N) is 2. The van der Waals surface area contributed by atoms with Crippen LogP contribution in [0.4, 0.5) is 0 Å². The molecule has 0 aliphatic carbocycles. The molecule has 2 aromatic rings. The predicted molar refractivity (Wildman–Crippen MR) is 69.3 cm³/mol. The van der Waals surface area contributed by atoms with Crippen LogP contribution in [0.1, 0.15) is 17.5 Å². The summed E-state index contributed by atoms with van der Waals surface area (Å²) in [6.45, 7) is 1.99. The number of aromatic nitrogens is 2. The van der Waals surface area contributed by atoms with Crippen LogP contribution in [0, 0.1) is 6.92 Å². The SMILES string of the molecule is Cc1cccc(-n2ncc(CCC(=O)O)c2Cl)c1. The topological polar surface area (TPSA) is 55.1 Å². The Hall–Kier alpha value is -1.81. The third-order valence-electron chi connectivity index (χ3n) is 2.63. The zero-order valence-electron chi connectivity index (χ0n) is 9.93. The minimum Gasteiger partial charge on any atom is -0.481 e. The third-order valence-corrected chi connectivity index (χ3v) is 3.04. The van der Waals surface area contributed by atoms with Gasteiger partial charge in [-0.05, 0) is 31.0 Å². The molecule has 18 heavy (non-hydrogen) atoms. The molecule has 94 valence electrons. The van der Waals surface area contributed by atoms with Crippen molar-refractivity contribution in [2.75, 3.05) is 0 Å². The molecule has 0 bridgehead atoms. The van der Waals surface area contributed by atoms with E-state index in [2.05, 4.69) is 5.10 Å². The number of hydrogen-bond donors (Lipinski definition) is 1. The quantitative estimate of drug-likeness (QED) is 0.924. The van der Waals surface area contributed by atoms with Gasteiger partial charge in [0.15, 0.2) is 0 Å². The van der Waals surface area contributed by atoms with Gasteiger partial charge >= 0.3 is 5.97 Å². The van der Waals surface area contributed by atoms with Crippen molar-refractivity contribution in [3.8, 4) is 5.69 Å². The largest absolute Gasteiger partial charge is 0.481 e. The van der Waals surface area contributed by atoms with Crippen LogP contribution in [0.5, 0.6) is 0 Å². The molecule has 4 nitrogen and oxygen atoms in total. The van der Waals surface area contributed by atoms with E-state index in [4.69, 9.17) is 16.7 Å². The van der Waals surface area contributed by atoms with Gasteiger partial charge in [-0.3, -0.25) is 4.79 Å². The average Bonchev–Trinajstić information content (AvgIpc) is 2.68. The number of benzene rings is 1. The maximum Gasteiger partial charge on any atom is 0.303 e. The molecule has 0 amide bonds. The second-order valence-corrected chi connectivity index (χ2v) is 4.46. The van der Waals surface area contributed by atoms with Gasteiger partial charge in [-0.15, -0.1) is 0 Å². The molecule has 1 aromatic heterocycles. The zero-order valence-corrected chi connectivity index (χ0v) is 10.7. The zero-order chi connectivity index (χ0) is 13.1. The van der Waals surface area contributed by atoms with Crippen molar-refractivity contribution in [1.29, 1.82) is 0 Å². The molecule has 0 saturated heterocycles. The Kier molecular flexibility index (Phi) is 3.67. The highest BCUT2D eigenvalue weighted by Gasteiger charge is 2.11. The summed E-state index contributed by atoms with van der Waals surface area (Å²) in [7, 11) is 0. The predicted octanol–water partition coefficient (Wildman–Crippen LogP) is 2.85. The van der Waals surface area contributed by atoms with Gasteiger partial charge in [0.05, 0.1) is 11.9 Å². The lowest BCUT2D eigenvalue weighted by atomic mass is 10.2. The first-order chi connectivity index (χ1) is 8.58. The van der Waals surface area contributed by atoms with Gasteiger partial charge in [-0.2, -0.15) is 5.10 Å². The number of aliphatic carboxylic acids is 1. The van der Waals surface area contributed by atoms with Crippen molar-refractivity contribution in [1.82, 2.24) is 9.78 Å². The monoisotopic (exact) mass is 264 g/mol. The molecular weight excluding hydrogens is 252 g/mol. The third kappa shape index (κ3) is 2.71. The Morgan fingerprint density at radius 2 is 2.28 bits per heavy atom. The maximum absolute atomic E-state index is 10.5. The Bertz CT molecular complexity index is 578. The van der Waals surface area contributed by atoms with E-state index < -0.39 is 5.97 Å². The van der Waals surface area contributed by atoms with E-state index in [1.807, 2.05) is 31.2 Å². The molecule has 0 atom stereocenters. The fourth-order valence-corrected chi connectivity index (χ4v) is 2.00. The standard InChI is InChI=1S/C13H13ClN2O2/c1-9-3-2-4-11(7-9)16-13(14)10(8-15-16)5-6-12(17)18/h2-4,7-8H,5-6H2,1H3,(H,17,18). The van der Waals surface area contributed by atoms with Crippen molar-refractivity contribution >= 4 is 17.6 Å². The molecule has 0 spiro atoms. The lowest BCUT2D eigenvalue weighted by Gasteiger charge is -2.04. The van der Waals surface area contributed by atoms with Crippen LogP contribution in [0.25, 0.3) is 5.69 Å². The molecule has 0 aliphatic rings. The fraction of sp³-hybridized carbons (Fsp3) is 0.231. The molecule has 0 radical (unpaired) electrons. The lowest BCUT2D eigenvalue weighted by molar-refractivity contribution is -0.136. The van der Waals surface area contributed by atoms with Crippen molar-refractivity contribution in [3.63, 3.8) is 0 Å². The van der Waals surface area contributed by atoms with Crippen LogP contribution in [-0.2, 0) is 11.2 Å². The lowest BCUT2D eigenvalue weighted by Crippen LogP contribution is -1.99. The van der Waals surface area contributed by atoms with Crippen LogP contribution in [-0.4, -0.2) is 20.9 Å². The van der Waals surface area contributed by atoms with Crippen molar-refractivity contribution in [2.24, 2.45) is 0 Å². The Balaban J connectivity index is 2.28. The second kappa shape index (κ2) is 5.23. The molecule has 1 N–H and O–H groups in total. The number of rotatable bonds is 4. The molecule has 0 aliphatic heterocycles. The van der Waals surface area contributed by atoms with Gasteiger partial charge < -0.3 is 5.11 Å². The molecule has 0 unspecified atom stereocenters. The van der Waals surface area contributed by atoms with Crippen molar-refractivity contribution < 1.29 is 9.90 Å². The van der Waals surface area contributed by atoms with Gasteiger partial charge in [-0.1, -0.05) is 23.7 Å². The van der Waals surface area contributed by atoms with Gasteiger partial charge in [0, 0.05) is 12.0 Å². The fourth-order valence-electron chi connectivity index (χ4n) is 1.72. The number of aryl methyl sites for hydroxylation is 2. The molecule has 2 rings (SSSR count). The summed E-state index contributed by atoms with van der Waals surface area (Å²) in [4.78, 5) is 10.5. The van der Waals surface area contributed by atoms with E-state index in [0.29, 0.717) is 11.6 Å². The molecular formula is C13H13ClN2O2. The van der Waals surface area contributed by atoms with Crippen molar-refractivity contribution in [2.45, 2.75) is 19.8 Å². The summed E-state index contributed by atoms with van der Waals surface area (Å²) in [5.41, 5.74) is 2.74. The smallest absolute Gasteiger partial charge is 0.303 e. The van der Waals surface area contributed by atoms with Gasteiger partial charge in [0.25, 0.3) is 0 Å². The summed E-state index contributed by atoms with van der Waals surface area (Å²) >= 11 is 6.20. The maximum atomic E-state index is 10.5. The highest BCUT2D eigenvalue weighted by Crippen LogP contribution is 2.21. The van der Waals surface area contributed by atoms with E-state index in [1.54, 1.807) is 10.9 Å². The molecule has 0 fully saturated rings. The Labute approximate surface area is 110 Å². The van der Waals surface area contributed by atoms with Crippen LogP contribution < -0.4 is 0 Å². The highest BCUT2D eigenvalue weighted by molar-refractivity contribution is 6.30. The number of carboxylic acid groups (broad SMARTS) is 1. The highest BCUT2D eigenvalue weighted by atomic mass is 35.5. The van der Waals surface area contributed by atoms with E-state index in [0.717, 1.165) is 16.8 Å². The van der Waals surface area contributed by atoms with E-state index in [9.17, 15) is 4.79 Å². The normalized spacial score (nSPS) is 10.6. The number of halogens is 1. The van der Waals surface area contributed by atoms with Gasteiger partial charge in [-0.25, -0.2) is 4.68 Å². The number of hydrogen-bond acceptors (Lipinski definition) is 2. The minimum atomic E-state index is -0.839. The first-order valence-corrected chi connectivity index (χ1v) is 5.97. The second-order valence-electron chi connectivity index (χ2n) is 4.11. The summed E-state index contributed by atoms with van der Waals surface area (Å²) in [5.74, 6) is -0.839. The average molecular weight is 265 g/mol. The number of carboxylic acids is 1. The van der Waals surface area contributed by atoms with Crippen LogP contribution in [0.15, 0.2) is 30.5 Å². The van der Waals surface area contributed by atoms with Gasteiger partial charge in [0.2, 0.25) is 0 Å². The molecule has 1 heterocycles. The van der Waals surface area contributed by atoms with Crippen molar-refractivity contribution in [3.05, 3.63) is 46.7 Å². The van der Waals surface area contributed by atoms with E-state index in [1.165, 1.54) is 0 Å². The van der Waals surface area contributed by atoms with Gasteiger partial charge in [0.1, 0.15) is 5.15 Å². The molecule has 0 saturated carbocycles. The van der Waals surface area contributed by atoms with E-state index >= 15 is 0 Å². The molecule has 1 aromatic carbocycles. The first-order valence-electron chi connectivity index (χ1n) is 5.59. The molecule has 5 heteroatoms. The summed E-state index contributed by atoms with van der Waals surface area (Å²) < 4.78 is 1.62. The first kappa shape index (κ1) is 12.6.